The normalized spacial score (nSPS) is 10.2. The second-order valence-electron chi connectivity index (χ2n) is 3.61. The van der Waals surface area contributed by atoms with Gasteiger partial charge in [-0.3, -0.25) is 10.1 Å². The lowest BCUT2D eigenvalue weighted by atomic mass is 10.3. The van der Waals surface area contributed by atoms with Gasteiger partial charge in [0.2, 0.25) is 11.6 Å². The molecule has 0 unspecified atom stereocenters. The Balaban J connectivity index is 2.31. The predicted octanol–water partition coefficient (Wildman–Crippen LogP) is 4.17. The zero-order chi connectivity index (χ0) is 13.8. The molecule has 0 saturated carbocycles. The molecule has 0 spiro atoms. The minimum Gasteiger partial charge on any atom is -0.432 e. The van der Waals surface area contributed by atoms with E-state index in [1.54, 1.807) is 18.3 Å². The molecule has 98 valence electrons. The van der Waals surface area contributed by atoms with E-state index in [1.165, 1.54) is 18.2 Å². The lowest BCUT2D eigenvalue weighted by molar-refractivity contribution is -0.385. The minimum atomic E-state index is -0.543. The topological polar surface area (TPSA) is 65.3 Å². The average Bonchev–Trinajstić information content (AvgIpc) is 2.39. The number of nitro groups is 1. The van der Waals surface area contributed by atoms with E-state index in [0.717, 1.165) is 5.56 Å². The number of nitrogens with zero attached hydrogens (tertiary/aromatic N) is 2. The standard InChI is InChI=1S/C12H8Cl2N2O3/c13-6-8-1-4-12(15-7-8)19-11-5-9(14)2-3-10(11)16(17)18/h1-5,7H,6H2. The van der Waals surface area contributed by atoms with Gasteiger partial charge in [0.1, 0.15) is 0 Å². The molecule has 5 nitrogen and oxygen atoms in total. The number of nitro benzene ring substituents is 1. The van der Waals surface area contributed by atoms with E-state index in [4.69, 9.17) is 27.9 Å². The van der Waals surface area contributed by atoms with Crippen LogP contribution in [0.15, 0.2) is 36.5 Å². The summed E-state index contributed by atoms with van der Waals surface area (Å²) in [5, 5.41) is 11.2. The highest BCUT2D eigenvalue weighted by atomic mass is 35.5. The number of halogens is 2. The third kappa shape index (κ3) is 3.33. The molecule has 0 fully saturated rings. The number of hydrogen-bond donors (Lipinski definition) is 0. The van der Waals surface area contributed by atoms with E-state index in [1.807, 2.05) is 0 Å². The second-order valence-corrected chi connectivity index (χ2v) is 4.31. The van der Waals surface area contributed by atoms with Gasteiger partial charge in [-0.25, -0.2) is 4.98 Å². The minimum absolute atomic E-state index is 0.0450. The maximum atomic E-state index is 10.9. The van der Waals surface area contributed by atoms with Crippen molar-refractivity contribution in [3.8, 4) is 11.6 Å². The van der Waals surface area contributed by atoms with Gasteiger partial charge in [0.05, 0.1) is 4.92 Å². The van der Waals surface area contributed by atoms with E-state index in [2.05, 4.69) is 4.98 Å². The summed E-state index contributed by atoms with van der Waals surface area (Å²) in [6.45, 7) is 0. The van der Waals surface area contributed by atoms with Crippen LogP contribution in [0.25, 0.3) is 0 Å². The molecule has 0 aliphatic heterocycles. The second kappa shape index (κ2) is 5.86. The molecule has 0 radical (unpaired) electrons. The Kier molecular flexibility index (Phi) is 4.19. The Labute approximate surface area is 118 Å². The number of pyridine rings is 1. The highest BCUT2D eigenvalue weighted by molar-refractivity contribution is 6.30. The van der Waals surface area contributed by atoms with Crippen LogP contribution in [0, 0.1) is 10.1 Å². The van der Waals surface area contributed by atoms with Crippen molar-refractivity contribution in [3.63, 3.8) is 0 Å². The van der Waals surface area contributed by atoms with Crippen LogP contribution in [0.4, 0.5) is 5.69 Å². The van der Waals surface area contributed by atoms with Gasteiger partial charge < -0.3 is 4.74 Å². The first kappa shape index (κ1) is 13.6. The molecule has 0 aliphatic carbocycles. The highest BCUT2D eigenvalue weighted by Gasteiger charge is 2.16. The van der Waals surface area contributed by atoms with Crippen molar-refractivity contribution in [1.82, 2.24) is 4.98 Å². The summed E-state index contributed by atoms with van der Waals surface area (Å²) < 4.78 is 5.37. The number of rotatable bonds is 4. The number of ether oxygens (including phenoxy) is 1. The fourth-order valence-corrected chi connectivity index (χ4v) is 1.70. The first-order valence-corrected chi connectivity index (χ1v) is 6.14. The molecule has 2 aromatic rings. The largest absolute Gasteiger partial charge is 0.432 e. The zero-order valence-corrected chi connectivity index (χ0v) is 11.1. The van der Waals surface area contributed by atoms with Gasteiger partial charge in [0.25, 0.3) is 0 Å². The summed E-state index contributed by atoms with van der Waals surface area (Å²) in [5.74, 6) is 0.618. The van der Waals surface area contributed by atoms with Crippen molar-refractivity contribution in [3.05, 3.63) is 57.2 Å². The molecule has 1 aromatic heterocycles. The van der Waals surface area contributed by atoms with E-state index in [-0.39, 0.29) is 17.3 Å². The van der Waals surface area contributed by atoms with Gasteiger partial charge in [-0.1, -0.05) is 17.7 Å². The average molecular weight is 299 g/mol. The number of benzene rings is 1. The molecule has 7 heteroatoms. The third-order valence-electron chi connectivity index (χ3n) is 2.28. The molecule has 0 amide bonds. The summed E-state index contributed by atoms with van der Waals surface area (Å²) in [6.07, 6.45) is 1.54. The summed E-state index contributed by atoms with van der Waals surface area (Å²) in [5.41, 5.74) is 0.655. The lowest BCUT2D eigenvalue weighted by Crippen LogP contribution is -1.95. The molecule has 0 bridgehead atoms. The van der Waals surface area contributed by atoms with E-state index < -0.39 is 4.92 Å². The molecule has 0 saturated heterocycles. The molecule has 2 rings (SSSR count). The van der Waals surface area contributed by atoms with Crippen LogP contribution >= 0.6 is 23.2 Å². The van der Waals surface area contributed by atoms with Crippen LogP contribution < -0.4 is 4.74 Å². The van der Waals surface area contributed by atoms with Gasteiger partial charge in [0.15, 0.2) is 0 Å². The zero-order valence-electron chi connectivity index (χ0n) is 9.55. The van der Waals surface area contributed by atoms with Crippen LogP contribution in [0.5, 0.6) is 11.6 Å². The number of aromatic nitrogens is 1. The Morgan fingerprint density at radius 3 is 2.68 bits per heavy atom. The van der Waals surface area contributed by atoms with Crippen molar-refractivity contribution in [2.45, 2.75) is 5.88 Å². The predicted molar refractivity (Wildman–Crippen MR) is 72.0 cm³/mol. The summed E-state index contributed by atoms with van der Waals surface area (Å²) in [6, 6.07) is 7.40. The highest BCUT2D eigenvalue weighted by Crippen LogP contribution is 2.32. The van der Waals surface area contributed by atoms with Gasteiger partial charge in [-0.15, -0.1) is 11.6 Å². The van der Waals surface area contributed by atoms with Crippen LogP contribution in [-0.2, 0) is 5.88 Å². The Morgan fingerprint density at radius 1 is 1.32 bits per heavy atom. The fourth-order valence-electron chi connectivity index (χ4n) is 1.38. The fraction of sp³-hybridized carbons (Fsp3) is 0.0833. The van der Waals surface area contributed by atoms with Crippen molar-refractivity contribution in [2.24, 2.45) is 0 Å². The summed E-state index contributed by atoms with van der Waals surface area (Å²) >= 11 is 11.4. The molecule has 0 N–H and O–H groups in total. The molecule has 19 heavy (non-hydrogen) atoms. The van der Waals surface area contributed by atoms with Gasteiger partial charge in [-0.05, 0) is 11.6 Å². The van der Waals surface area contributed by atoms with E-state index in [0.29, 0.717) is 10.9 Å². The van der Waals surface area contributed by atoms with Crippen LogP contribution in [-0.4, -0.2) is 9.91 Å². The van der Waals surface area contributed by atoms with Crippen molar-refractivity contribution >= 4 is 28.9 Å². The quantitative estimate of drug-likeness (QED) is 0.482. The van der Waals surface area contributed by atoms with Gasteiger partial charge >= 0.3 is 5.69 Å². The first-order valence-electron chi connectivity index (χ1n) is 5.23. The maximum absolute atomic E-state index is 10.9. The molecule has 0 aliphatic rings. The monoisotopic (exact) mass is 298 g/mol. The van der Waals surface area contributed by atoms with Crippen molar-refractivity contribution in [2.75, 3.05) is 0 Å². The molecular formula is C12H8Cl2N2O3. The summed E-state index contributed by atoms with van der Waals surface area (Å²) in [4.78, 5) is 14.3. The molecular weight excluding hydrogens is 291 g/mol. The number of hydrogen-bond acceptors (Lipinski definition) is 4. The lowest BCUT2D eigenvalue weighted by Gasteiger charge is -2.06. The Bertz CT molecular complexity index is 602. The first-order chi connectivity index (χ1) is 9.10. The van der Waals surface area contributed by atoms with Crippen molar-refractivity contribution < 1.29 is 9.66 Å². The van der Waals surface area contributed by atoms with Crippen LogP contribution in [0.2, 0.25) is 5.02 Å². The number of alkyl halides is 1. The third-order valence-corrected chi connectivity index (χ3v) is 2.83. The Morgan fingerprint density at radius 2 is 2.11 bits per heavy atom. The maximum Gasteiger partial charge on any atom is 0.311 e. The van der Waals surface area contributed by atoms with Gasteiger partial charge in [-0.2, -0.15) is 0 Å². The van der Waals surface area contributed by atoms with Gasteiger partial charge in [0, 0.05) is 35.3 Å². The SMILES string of the molecule is O=[N+]([O-])c1ccc(Cl)cc1Oc1ccc(CCl)cn1. The van der Waals surface area contributed by atoms with Crippen molar-refractivity contribution in [1.29, 1.82) is 0 Å². The van der Waals surface area contributed by atoms with E-state index in [9.17, 15) is 10.1 Å². The van der Waals surface area contributed by atoms with Crippen LogP contribution in [0.3, 0.4) is 0 Å². The van der Waals surface area contributed by atoms with E-state index >= 15 is 0 Å². The molecule has 1 heterocycles. The molecule has 1 aromatic carbocycles. The Hall–Kier alpha value is -1.85. The summed E-state index contributed by atoms with van der Waals surface area (Å²) in [7, 11) is 0. The smallest absolute Gasteiger partial charge is 0.311 e. The molecule has 0 atom stereocenters. The van der Waals surface area contributed by atoms with Crippen LogP contribution in [0.1, 0.15) is 5.56 Å².